The predicted octanol–water partition coefficient (Wildman–Crippen LogP) is 15.4. The molecule has 1 nitrogen and oxygen atoms in total. The van der Waals surface area contributed by atoms with Crippen LogP contribution in [0.5, 0.6) is 0 Å². The van der Waals surface area contributed by atoms with E-state index in [-0.39, 0.29) is 10.8 Å². The Morgan fingerprint density at radius 3 is 1.83 bits per heavy atom. The third-order valence-electron chi connectivity index (χ3n) is 14.6. The Morgan fingerprint density at radius 2 is 1.08 bits per heavy atom. The van der Waals surface area contributed by atoms with Gasteiger partial charge in [-0.2, -0.15) is 0 Å². The number of nitrogens with zero attached hydrogens (tertiary/aromatic N) is 1. The minimum Gasteiger partial charge on any atom is -0.309 e. The van der Waals surface area contributed by atoms with Crippen LogP contribution in [-0.2, 0) is 16.2 Å². The molecule has 0 saturated heterocycles. The number of benzene rings is 8. The van der Waals surface area contributed by atoms with Gasteiger partial charge >= 0.3 is 0 Å². The van der Waals surface area contributed by atoms with Gasteiger partial charge in [-0.05, 0) is 109 Å². The maximum Gasteiger partial charge on any atom is 0.0733 e. The maximum atomic E-state index is 2.67. The summed E-state index contributed by atoms with van der Waals surface area (Å²) < 4.78 is 0. The van der Waals surface area contributed by atoms with Crippen LogP contribution in [0, 0.1) is 0 Å². The van der Waals surface area contributed by atoms with E-state index < -0.39 is 5.41 Å². The second-order valence-corrected chi connectivity index (χ2v) is 18.3. The van der Waals surface area contributed by atoms with Crippen LogP contribution in [-0.4, -0.2) is 0 Å². The lowest BCUT2D eigenvalue weighted by Crippen LogP contribution is -2.31. The number of para-hydroxylation sites is 1. The minimum absolute atomic E-state index is 0.0828. The normalized spacial score (nSPS) is 16.8. The van der Waals surface area contributed by atoms with Crippen LogP contribution >= 0.6 is 0 Å². The fraction of sp³-hybridized carbons (Fsp3) is 0.153. The molecule has 60 heavy (non-hydrogen) atoms. The van der Waals surface area contributed by atoms with Gasteiger partial charge in [0.1, 0.15) is 0 Å². The molecular formula is C59H47N. The lowest BCUT2D eigenvalue weighted by atomic mass is 9.67. The Bertz CT molecular complexity index is 3110. The van der Waals surface area contributed by atoms with Crippen LogP contribution in [0.25, 0.3) is 38.6 Å². The van der Waals surface area contributed by atoms with Gasteiger partial charge in [-0.3, -0.25) is 0 Å². The Hall–Kier alpha value is -6.70. The molecule has 0 amide bonds. The molecular weight excluding hydrogens is 723 g/mol. The third-order valence-corrected chi connectivity index (χ3v) is 14.6. The monoisotopic (exact) mass is 769 g/mol. The molecule has 0 aliphatic heterocycles. The highest BCUT2D eigenvalue weighted by atomic mass is 15.2. The summed E-state index contributed by atoms with van der Waals surface area (Å²) in [7, 11) is 0. The molecule has 0 N–H and O–H groups in total. The van der Waals surface area contributed by atoms with E-state index in [1.165, 1.54) is 100 Å². The van der Waals surface area contributed by atoms with E-state index >= 15 is 0 Å². The van der Waals surface area contributed by atoms with Crippen molar-refractivity contribution in [2.24, 2.45) is 0 Å². The Labute approximate surface area is 354 Å². The zero-order valence-corrected chi connectivity index (χ0v) is 34.8. The molecule has 8 aromatic rings. The van der Waals surface area contributed by atoms with Gasteiger partial charge in [-0.1, -0.05) is 197 Å². The Balaban J connectivity index is 1.24. The van der Waals surface area contributed by atoms with Crippen molar-refractivity contribution in [1.82, 2.24) is 0 Å². The van der Waals surface area contributed by atoms with Gasteiger partial charge in [0.25, 0.3) is 0 Å². The van der Waals surface area contributed by atoms with Crippen molar-refractivity contribution < 1.29 is 0 Å². The average Bonchev–Trinajstić information content (AvgIpc) is 3.81. The van der Waals surface area contributed by atoms with Crippen molar-refractivity contribution in [3.8, 4) is 22.3 Å². The van der Waals surface area contributed by atoms with Crippen molar-refractivity contribution in [1.29, 1.82) is 0 Å². The molecule has 0 bridgehead atoms. The summed E-state index contributed by atoms with van der Waals surface area (Å²) in [6.07, 6.45) is 6.95. The number of hydrogen-bond donors (Lipinski definition) is 0. The molecule has 8 aromatic carbocycles. The summed E-state index contributed by atoms with van der Waals surface area (Å²) in [4.78, 5) is 2.67. The molecule has 0 aromatic heterocycles. The molecule has 4 aliphatic carbocycles. The first-order valence-electron chi connectivity index (χ1n) is 21.7. The topological polar surface area (TPSA) is 3.24 Å². The molecule has 0 unspecified atom stereocenters. The van der Waals surface area contributed by atoms with Gasteiger partial charge in [0, 0.05) is 27.5 Å². The average molecular weight is 770 g/mol. The fourth-order valence-electron chi connectivity index (χ4n) is 11.9. The van der Waals surface area contributed by atoms with E-state index in [0.717, 1.165) is 12.8 Å². The lowest BCUT2D eigenvalue weighted by Gasteiger charge is -2.39. The smallest absolute Gasteiger partial charge is 0.0733 e. The van der Waals surface area contributed by atoms with E-state index in [4.69, 9.17) is 0 Å². The fourth-order valence-corrected chi connectivity index (χ4v) is 11.9. The van der Waals surface area contributed by atoms with E-state index in [1.807, 2.05) is 0 Å². The van der Waals surface area contributed by atoms with Crippen molar-refractivity contribution in [3.63, 3.8) is 0 Å². The molecule has 0 radical (unpaired) electrons. The number of fused-ring (bicyclic) bond motifs is 9. The van der Waals surface area contributed by atoms with Crippen molar-refractivity contribution in [2.75, 3.05) is 4.90 Å². The first-order valence-corrected chi connectivity index (χ1v) is 21.7. The molecule has 288 valence electrons. The highest BCUT2D eigenvalue weighted by Crippen LogP contribution is 2.62. The van der Waals surface area contributed by atoms with E-state index in [0.29, 0.717) is 0 Å². The standard InChI is InChI=1S/C59H47N/c1-57(2)47-28-14-10-24-42(47)45-35-34-40(37-52(45)57)60(56-41-23-9-8-20-38(41)36-53-55(56)46-27-13-15-29-48(46)58(53,3)4)54-33-19-18-32-51(54)59(39-21-6-5-7-22-39)49-30-16-11-25-43(49)44-26-12-17-31-50(44)59/h5-13,15-27,29-37H,14,28H2,1-4H3. The zero-order chi connectivity index (χ0) is 40.4. The third kappa shape index (κ3) is 4.58. The van der Waals surface area contributed by atoms with Crippen molar-refractivity contribution in [3.05, 3.63) is 238 Å². The lowest BCUT2D eigenvalue weighted by molar-refractivity contribution is 0.607. The summed E-state index contributed by atoms with van der Waals surface area (Å²) >= 11 is 0. The molecule has 1 heteroatoms. The van der Waals surface area contributed by atoms with Crippen molar-refractivity contribution in [2.45, 2.75) is 56.8 Å². The molecule has 0 heterocycles. The highest BCUT2D eigenvalue weighted by Gasteiger charge is 2.48. The summed E-state index contributed by atoms with van der Waals surface area (Å²) in [6.45, 7) is 9.71. The minimum atomic E-state index is -0.588. The molecule has 0 saturated carbocycles. The number of hydrogen-bond acceptors (Lipinski definition) is 1. The number of rotatable bonds is 5. The first-order chi connectivity index (χ1) is 29.3. The van der Waals surface area contributed by atoms with Gasteiger partial charge in [-0.15, -0.1) is 0 Å². The second kappa shape index (κ2) is 12.7. The van der Waals surface area contributed by atoms with Crippen LogP contribution in [0.15, 0.2) is 194 Å². The Morgan fingerprint density at radius 1 is 0.467 bits per heavy atom. The van der Waals surface area contributed by atoms with Crippen LogP contribution in [0.3, 0.4) is 0 Å². The zero-order valence-electron chi connectivity index (χ0n) is 34.8. The Kier molecular flexibility index (Phi) is 7.44. The predicted molar refractivity (Wildman–Crippen MR) is 252 cm³/mol. The quantitative estimate of drug-likeness (QED) is 0.169. The maximum absolute atomic E-state index is 2.67. The summed E-state index contributed by atoms with van der Waals surface area (Å²) in [5, 5.41) is 2.51. The molecule has 0 atom stereocenters. The van der Waals surface area contributed by atoms with Gasteiger partial charge < -0.3 is 4.90 Å². The summed E-state index contributed by atoms with van der Waals surface area (Å²) in [5.74, 6) is 0. The van der Waals surface area contributed by atoms with E-state index in [1.54, 1.807) is 5.57 Å². The van der Waals surface area contributed by atoms with Crippen LogP contribution < -0.4 is 4.90 Å². The number of allylic oxidation sites excluding steroid dienone is 4. The van der Waals surface area contributed by atoms with E-state index in [9.17, 15) is 0 Å². The summed E-state index contributed by atoms with van der Waals surface area (Å²) in [5.41, 5.74) is 21.7. The van der Waals surface area contributed by atoms with Gasteiger partial charge in [0.15, 0.2) is 0 Å². The molecule has 4 aliphatic rings. The van der Waals surface area contributed by atoms with Gasteiger partial charge in [-0.25, -0.2) is 0 Å². The van der Waals surface area contributed by atoms with E-state index in [2.05, 4.69) is 221 Å². The van der Waals surface area contributed by atoms with Crippen LogP contribution in [0.2, 0.25) is 0 Å². The summed E-state index contributed by atoms with van der Waals surface area (Å²) in [6, 6.07) is 66.9. The highest BCUT2D eigenvalue weighted by molar-refractivity contribution is 6.10. The van der Waals surface area contributed by atoms with Crippen LogP contribution in [0.1, 0.15) is 85.0 Å². The second-order valence-electron chi connectivity index (χ2n) is 18.3. The number of anilines is 3. The molecule has 0 fully saturated rings. The first kappa shape index (κ1) is 35.3. The van der Waals surface area contributed by atoms with Gasteiger partial charge in [0.05, 0.1) is 16.8 Å². The van der Waals surface area contributed by atoms with Crippen LogP contribution in [0.4, 0.5) is 17.1 Å². The van der Waals surface area contributed by atoms with Gasteiger partial charge in [0.2, 0.25) is 0 Å². The SMILES string of the molecule is CC1(C)C2=C(C=CCC2)c2ccc(N(c3ccccc3C3(c4ccccc4)c4ccccc4-c4ccccc43)c3c4c(cc5ccccc35)C(C)(C)c3ccccc3-4)cc21. The molecule has 12 rings (SSSR count). The largest absolute Gasteiger partial charge is 0.309 e. The molecule has 0 spiro atoms. The van der Waals surface area contributed by atoms with Crippen molar-refractivity contribution >= 4 is 33.4 Å².